The second-order valence-electron chi connectivity index (χ2n) is 3.78. The molecule has 0 bridgehead atoms. The summed E-state index contributed by atoms with van der Waals surface area (Å²) in [5, 5.41) is 0.820. The molecule has 2 aromatic rings. The highest BCUT2D eigenvalue weighted by atomic mass is 127. The largest absolute Gasteiger partial charge is 0.0843 e. The molecule has 0 atom stereocenters. The predicted molar refractivity (Wildman–Crippen MR) is 72.4 cm³/mol. The lowest BCUT2D eigenvalue weighted by atomic mass is 10.1. The van der Waals surface area contributed by atoms with E-state index in [1.54, 1.807) is 0 Å². The van der Waals surface area contributed by atoms with E-state index >= 15 is 0 Å². The number of hydrogen-bond donors (Lipinski definition) is 0. The molecule has 0 spiro atoms. The van der Waals surface area contributed by atoms with Crippen molar-refractivity contribution in [3.8, 4) is 11.1 Å². The van der Waals surface area contributed by atoms with Crippen molar-refractivity contribution < 1.29 is 0 Å². The maximum absolute atomic E-state index is 6.03. The SMILES string of the molecule is Clc1ccc2c(c1)-c1cc(I)ccc1C2. The predicted octanol–water partition coefficient (Wildman–Crippen LogP) is 4.52. The van der Waals surface area contributed by atoms with Crippen LogP contribution in [0.4, 0.5) is 0 Å². The third-order valence-electron chi connectivity index (χ3n) is 2.81. The summed E-state index contributed by atoms with van der Waals surface area (Å²) < 4.78 is 1.28. The lowest BCUT2D eigenvalue weighted by molar-refractivity contribution is 1.26. The third kappa shape index (κ3) is 1.58. The van der Waals surface area contributed by atoms with E-state index in [-0.39, 0.29) is 0 Å². The fraction of sp³-hybridized carbons (Fsp3) is 0.0769. The van der Waals surface area contributed by atoms with E-state index < -0.39 is 0 Å². The van der Waals surface area contributed by atoms with Crippen LogP contribution in [0.1, 0.15) is 11.1 Å². The van der Waals surface area contributed by atoms with Gasteiger partial charge in [-0.25, -0.2) is 0 Å². The van der Waals surface area contributed by atoms with Gasteiger partial charge in [0.25, 0.3) is 0 Å². The van der Waals surface area contributed by atoms with Crippen molar-refractivity contribution in [3.63, 3.8) is 0 Å². The molecule has 0 saturated carbocycles. The highest BCUT2D eigenvalue weighted by molar-refractivity contribution is 14.1. The van der Waals surface area contributed by atoms with Crippen molar-refractivity contribution in [2.24, 2.45) is 0 Å². The van der Waals surface area contributed by atoms with E-state index in [1.165, 1.54) is 25.8 Å². The summed E-state index contributed by atoms with van der Waals surface area (Å²) in [6.07, 6.45) is 1.04. The Balaban J connectivity index is 2.28. The molecule has 74 valence electrons. The van der Waals surface area contributed by atoms with Crippen LogP contribution in [0.25, 0.3) is 11.1 Å². The maximum Gasteiger partial charge on any atom is 0.0412 e. The van der Waals surface area contributed by atoms with Crippen LogP contribution in [0.2, 0.25) is 5.02 Å². The first-order chi connectivity index (χ1) is 7.24. The van der Waals surface area contributed by atoms with Crippen LogP contribution in [-0.2, 0) is 6.42 Å². The molecule has 1 aliphatic carbocycles. The second-order valence-corrected chi connectivity index (χ2v) is 5.46. The molecule has 0 unspecified atom stereocenters. The van der Waals surface area contributed by atoms with Gasteiger partial charge in [0.05, 0.1) is 0 Å². The molecule has 2 heteroatoms. The molecule has 1 aliphatic rings. The number of benzene rings is 2. The Hall–Kier alpha value is -0.540. The molecular formula is C13H8ClI. The average molecular weight is 327 g/mol. The van der Waals surface area contributed by atoms with Gasteiger partial charge < -0.3 is 0 Å². The normalized spacial score (nSPS) is 12.4. The Morgan fingerprint density at radius 1 is 0.933 bits per heavy atom. The highest BCUT2D eigenvalue weighted by Gasteiger charge is 2.18. The molecule has 0 aromatic heterocycles. The van der Waals surface area contributed by atoms with Crippen LogP contribution in [0.5, 0.6) is 0 Å². The third-order valence-corrected chi connectivity index (χ3v) is 3.72. The van der Waals surface area contributed by atoms with Crippen molar-refractivity contribution in [3.05, 3.63) is 56.1 Å². The summed E-state index contributed by atoms with van der Waals surface area (Å²) in [5.74, 6) is 0. The highest BCUT2D eigenvalue weighted by Crippen LogP contribution is 2.38. The zero-order valence-corrected chi connectivity index (χ0v) is 10.8. The lowest BCUT2D eigenvalue weighted by Crippen LogP contribution is -1.79. The first-order valence-corrected chi connectivity index (χ1v) is 6.27. The molecule has 0 nitrogen and oxygen atoms in total. The minimum absolute atomic E-state index is 0.820. The molecule has 0 N–H and O–H groups in total. The summed E-state index contributed by atoms with van der Waals surface area (Å²) in [7, 11) is 0. The van der Waals surface area contributed by atoms with Gasteiger partial charge in [-0.3, -0.25) is 0 Å². The monoisotopic (exact) mass is 326 g/mol. The van der Waals surface area contributed by atoms with E-state index in [0.29, 0.717) is 0 Å². The molecule has 15 heavy (non-hydrogen) atoms. The Kier molecular flexibility index (Phi) is 2.25. The van der Waals surface area contributed by atoms with E-state index in [1.807, 2.05) is 6.07 Å². The molecule has 0 fully saturated rings. The molecular weight excluding hydrogens is 319 g/mol. The Labute approximate surface area is 107 Å². The van der Waals surface area contributed by atoms with Gasteiger partial charge in [0.15, 0.2) is 0 Å². The van der Waals surface area contributed by atoms with E-state index in [9.17, 15) is 0 Å². The van der Waals surface area contributed by atoms with E-state index in [4.69, 9.17) is 11.6 Å². The summed E-state index contributed by atoms with van der Waals surface area (Å²) in [5.41, 5.74) is 5.44. The molecule has 3 rings (SSSR count). The summed E-state index contributed by atoms with van der Waals surface area (Å²) >= 11 is 8.38. The van der Waals surface area contributed by atoms with Crippen molar-refractivity contribution in [1.29, 1.82) is 0 Å². The molecule has 0 aliphatic heterocycles. The van der Waals surface area contributed by atoms with Crippen LogP contribution < -0.4 is 0 Å². The summed E-state index contributed by atoms with van der Waals surface area (Å²) in [6, 6.07) is 12.8. The minimum Gasteiger partial charge on any atom is -0.0843 e. The average Bonchev–Trinajstić information content (AvgIpc) is 2.56. The number of halogens is 2. The Morgan fingerprint density at radius 3 is 2.40 bits per heavy atom. The fourth-order valence-corrected chi connectivity index (χ4v) is 2.78. The van der Waals surface area contributed by atoms with Gasteiger partial charge in [0, 0.05) is 8.59 Å². The van der Waals surface area contributed by atoms with E-state index in [0.717, 1.165) is 11.4 Å². The van der Waals surface area contributed by atoms with Crippen LogP contribution in [0.15, 0.2) is 36.4 Å². The van der Waals surface area contributed by atoms with Gasteiger partial charge in [-0.15, -0.1) is 0 Å². The van der Waals surface area contributed by atoms with Gasteiger partial charge in [-0.05, 0) is 75.5 Å². The van der Waals surface area contributed by atoms with Crippen molar-refractivity contribution in [2.75, 3.05) is 0 Å². The lowest BCUT2D eigenvalue weighted by Gasteiger charge is -2.01. The number of rotatable bonds is 0. The van der Waals surface area contributed by atoms with Gasteiger partial charge in [0.2, 0.25) is 0 Å². The Bertz CT molecular complexity index is 497. The minimum atomic E-state index is 0.820. The maximum atomic E-state index is 6.03. The first-order valence-electron chi connectivity index (χ1n) is 4.81. The molecule has 0 amide bonds. The fourth-order valence-electron chi connectivity index (χ4n) is 2.11. The molecule has 0 heterocycles. The quantitative estimate of drug-likeness (QED) is 0.533. The number of hydrogen-bond acceptors (Lipinski definition) is 0. The summed E-state index contributed by atoms with van der Waals surface area (Å²) in [6.45, 7) is 0. The van der Waals surface area contributed by atoms with Crippen LogP contribution in [0.3, 0.4) is 0 Å². The van der Waals surface area contributed by atoms with Crippen molar-refractivity contribution >= 4 is 34.2 Å². The van der Waals surface area contributed by atoms with Crippen molar-refractivity contribution in [2.45, 2.75) is 6.42 Å². The second kappa shape index (κ2) is 3.49. The van der Waals surface area contributed by atoms with E-state index in [2.05, 4.69) is 52.9 Å². The van der Waals surface area contributed by atoms with Crippen molar-refractivity contribution in [1.82, 2.24) is 0 Å². The van der Waals surface area contributed by atoms with Gasteiger partial charge >= 0.3 is 0 Å². The van der Waals surface area contributed by atoms with Gasteiger partial charge in [-0.2, -0.15) is 0 Å². The topological polar surface area (TPSA) is 0 Å². The standard InChI is InChI=1S/C13H8ClI/c14-10-3-1-8-5-9-2-4-11(15)7-13(9)12(8)6-10/h1-4,6-7H,5H2. The van der Waals surface area contributed by atoms with Crippen LogP contribution >= 0.6 is 34.2 Å². The number of fused-ring (bicyclic) bond motifs is 3. The molecule has 2 aromatic carbocycles. The zero-order valence-electron chi connectivity index (χ0n) is 7.93. The summed E-state index contributed by atoms with van der Waals surface area (Å²) in [4.78, 5) is 0. The zero-order chi connectivity index (χ0) is 10.4. The van der Waals surface area contributed by atoms with Crippen LogP contribution in [-0.4, -0.2) is 0 Å². The Morgan fingerprint density at radius 2 is 1.60 bits per heavy atom. The smallest absolute Gasteiger partial charge is 0.0412 e. The first kappa shape index (κ1) is 9.67. The van der Waals surface area contributed by atoms with Crippen LogP contribution in [0, 0.1) is 3.57 Å². The molecule has 0 saturated heterocycles. The van der Waals surface area contributed by atoms with Gasteiger partial charge in [0.1, 0.15) is 0 Å². The molecule has 0 radical (unpaired) electrons. The van der Waals surface area contributed by atoms with Gasteiger partial charge in [-0.1, -0.05) is 23.7 Å².